The molecule has 0 saturated heterocycles. The van der Waals surface area contributed by atoms with Crippen molar-refractivity contribution in [2.24, 2.45) is 0 Å². The molecule has 1 aliphatic rings. The van der Waals surface area contributed by atoms with Crippen molar-refractivity contribution in [2.75, 3.05) is 19.9 Å². The number of halogens is 1. The van der Waals surface area contributed by atoms with Crippen LogP contribution in [0.25, 0.3) is 0 Å². The molecule has 6 nitrogen and oxygen atoms in total. The molecule has 2 aromatic carbocycles. The zero-order valence-electron chi connectivity index (χ0n) is 14.8. The van der Waals surface area contributed by atoms with Gasteiger partial charge in [-0.25, -0.2) is 0 Å². The number of carbonyl (C=O) groups is 2. The molecular weight excluding hydrogens is 368 g/mol. The second-order valence-corrected chi connectivity index (χ2v) is 6.59. The van der Waals surface area contributed by atoms with Crippen molar-refractivity contribution in [3.05, 3.63) is 58.6 Å². The number of nitrogens with one attached hydrogen (secondary N) is 2. The molecule has 2 N–H and O–H groups in total. The summed E-state index contributed by atoms with van der Waals surface area (Å²) in [5.74, 6) is 1.30. The number of benzene rings is 2. The van der Waals surface area contributed by atoms with Crippen LogP contribution >= 0.6 is 11.6 Å². The summed E-state index contributed by atoms with van der Waals surface area (Å²) >= 11 is 5.80. The largest absolute Gasteiger partial charge is 0.454 e. The van der Waals surface area contributed by atoms with E-state index in [2.05, 4.69) is 10.6 Å². The Bertz CT molecular complexity index is 808. The summed E-state index contributed by atoms with van der Waals surface area (Å²) in [6.07, 6.45) is 1.66. The fourth-order valence-corrected chi connectivity index (χ4v) is 2.81. The van der Waals surface area contributed by atoms with Gasteiger partial charge in [-0.05, 0) is 54.8 Å². The number of amides is 2. The predicted octanol–water partition coefficient (Wildman–Crippen LogP) is 2.94. The first-order valence-corrected chi connectivity index (χ1v) is 9.18. The van der Waals surface area contributed by atoms with E-state index in [0.717, 1.165) is 23.5 Å². The lowest BCUT2D eigenvalue weighted by atomic mass is 10.1. The van der Waals surface area contributed by atoms with E-state index in [9.17, 15) is 9.59 Å². The molecule has 7 heteroatoms. The van der Waals surface area contributed by atoms with Gasteiger partial charge in [0.15, 0.2) is 11.5 Å². The van der Waals surface area contributed by atoms with Crippen LogP contribution in [-0.2, 0) is 11.2 Å². The molecule has 3 rings (SSSR count). The third-order valence-electron chi connectivity index (χ3n) is 4.15. The summed E-state index contributed by atoms with van der Waals surface area (Å²) in [4.78, 5) is 23.8. The van der Waals surface area contributed by atoms with Crippen molar-refractivity contribution in [3.8, 4) is 11.5 Å². The summed E-state index contributed by atoms with van der Waals surface area (Å²) in [5, 5.41) is 6.27. The highest BCUT2D eigenvalue weighted by atomic mass is 35.5. The highest BCUT2D eigenvalue weighted by molar-refractivity contribution is 6.30. The third-order valence-corrected chi connectivity index (χ3v) is 4.40. The van der Waals surface area contributed by atoms with E-state index in [1.165, 1.54) is 0 Å². The minimum absolute atomic E-state index is 0.0310. The Balaban J connectivity index is 1.29. The second kappa shape index (κ2) is 9.28. The summed E-state index contributed by atoms with van der Waals surface area (Å²) < 4.78 is 10.6. The minimum atomic E-state index is -0.171. The van der Waals surface area contributed by atoms with Crippen molar-refractivity contribution in [1.82, 2.24) is 10.6 Å². The molecule has 0 spiro atoms. The van der Waals surface area contributed by atoms with Crippen LogP contribution in [0.2, 0.25) is 5.02 Å². The molecule has 0 aromatic heterocycles. The standard InChI is InChI=1S/C20H21ClN2O4/c21-16-6-4-15(5-7-16)20(25)23-10-1-2-19(24)22-11-9-14-3-8-17-18(12-14)27-13-26-17/h3-8,12H,1-2,9-11,13H2,(H,22,24)(H,23,25). The van der Waals surface area contributed by atoms with Gasteiger partial charge in [-0.3, -0.25) is 9.59 Å². The number of ether oxygens (including phenoxy) is 2. The Hall–Kier alpha value is -2.73. The lowest BCUT2D eigenvalue weighted by Crippen LogP contribution is -2.28. The number of carbonyl (C=O) groups excluding carboxylic acids is 2. The van der Waals surface area contributed by atoms with E-state index in [4.69, 9.17) is 21.1 Å². The van der Waals surface area contributed by atoms with Gasteiger partial charge >= 0.3 is 0 Å². The summed E-state index contributed by atoms with van der Waals surface area (Å²) in [5.41, 5.74) is 1.63. The Morgan fingerprint density at radius 2 is 1.74 bits per heavy atom. The van der Waals surface area contributed by atoms with Crippen LogP contribution in [0.3, 0.4) is 0 Å². The monoisotopic (exact) mass is 388 g/mol. The summed E-state index contributed by atoms with van der Waals surface area (Å²) in [6, 6.07) is 12.4. The number of rotatable bonds is 8. The molecule has 0 aliphatic carbocycles. The first-order valence-electron chi connectivity index (χ1n) is 8.81. The molecule has 0 saturated carbocycles. The number of hydrogen-bond acceptors (Lipinski definition) is 4. The molecule has 0 fully saturated rings. The van der Waals surface area contributed by atoms with E-state index in [1.54, 1.807) is 24.3 Å². The Morgan fingerprint density at radius 1 is 0.963 bits per heavy atom. The van der Waals surface area contributed by atoms with Gasteiger partial charge in [-0.15, -0.1) is 0 Å². The molecule has 0 atom stereocenters. The zero-order chi connectivity index (χ0) is 19.1. The van der Waals surface area contributed by atoms with Crippen LogP contribution in [-0.4, -0.2) is 31.7 Å². The van der Waals surface area contributed by atoms with Gasteiger partial charge in [0.25, 0.3) is 5.91 Å². The van der Waals surface area contributed by atoms with Crippen LogP contribution in [0.4, 0.5) is 0 Å². The first-order chi connectivity index (χ1) is 13.1. The molecule has 1 heterocycles. The van der Waals surface area contributed by atoms with Crippen molar-refractivity contribution in [3.63, 3.8) is 0 Å². The quantitative estimate of drug-likeness (QED) is 0.682. The average Bonchev–Trinajstić information content (AvgIpc) is 3.13. The maximum Gasteiger partial charge on any atom is 0.251 e. The van der Waals surface area contributed by atoms with Crippen LogP contribution < -0.4 is 20.1 Å². The van der Waals surface area contributed by atoms with Gasteiger partial charge in [-0.2, -0.15) is 0 Å². The molecule has 0 radical (unpaired) electrons. The molecule has 0 unspecified atom stereocenters. The highest BCUT2D eigenvalue weighted by Crippen LogP contribution is 2.32. The SMILES string of the molecule is O=C(CCCNC(=O)c1ccc(Cl)cc1)NCCc1ccc2c(c1)OCO2. The lowest BCUT2D eigenvalue weighted by Gasteiger charge is -2.07. The van der Waals surface area contributed by atoms with Crippen LogP contribution in [0.15, 0.2) is 42.5 Å². The molecule has 0 bridgehead atoms. The van der Waals surface area contributed by atoms with E-state index in [1.807, 2.05) is 18.2 Å². The van der Waals surface area contributed by atoms with Crippen LogP contribution in [0.5, 0.6) is 11.5 Å². The van der Waals surface area contributed by atoms with Crippen LogP contribution in [0, 0.1) is 0 Å². The fourth-order valence-electron chi connectivity index (χ4n) is 2.69. The Kier molecular flexibility index (Phi) is 6.54. The second-order valence-electron chi connectivity index (χ2n) is 6.15. The molecular formula is C20H21ClN2O4. The van der Waals surface area contributed by atoms with Crippen molar-refractivity contribution in [2.45, 2.75) is 19.3 Å². The molecule has 2 amide bonds. The van der Waals surface area contributed by atoms with Gasteiger partial charge < -0.3 is 20.1 Å². The smallest absolute Gasteiger partial charge is 0.251 e. The Morgan fingerprint density at radius 3 is 2.56 bits per heavy atom. The maximum atomic E-state index is 11.9. The summed E-state index contributed by atoms with van der Waals surface area (Å²) in [6.45, 7) is 1.25. The van der Waals surface area contributed by atoms with Gasteiger partial charge in [0.05, 0.1) is 0 Å². The molecule has 2 aromatic rings. The van der Waals surface area contributed by atoms with Crippen molar-refractivity contribution < 1.29 is 19.1 Å². The van der Waals surface area contributed by atoms with Crippen molar-refractivity contribution >= 4 is 23.4 Å². The van der Waals surface area contributed by atoms with E-state index in [0.29, 0.717) is 36.5 Å². The minimum Gasteiger partial charge on any atom is -0.454 e. The van der Waals surface area contributed by atoms with E-state index < -0.39 is 0 Å². The van der Waals surface area contributed by atoms with E-state index >= 15 is 0 Å². The molecule has 142 valence electrons. The lowest BCUT2D eigenvalue weighted by molar-refractivity contribution is -0.121. The number of fused-ring (bicyclic) bond motifs is 1. The molecule has 1 aliphatic heterocycles. The summed E-state index contributed by atoms with van der Waals surface area (Å²) in [7, 11) is 0. The van der Waals surface area contributed by atoms with E-state index in [-0.39, 0.29) is 18.6 Å². The normalized spacial score (nSPS) is 11.9. The topological polar surface area (TPSA) is 76.7 Å². The van der Waals surface area contributed by atoms with Gasteiger partial charge in [-0.1, -0.05) is 17.7 Å². The predicted molar refractivity (Wildman–Crippen MR) is 102 cm³/mol. The van der Waals surface area contributed by atoms with Gasteiger partial charge in [0.2, 0.25) is 12.7 Å². The van der Waals surface area contributed by atoms with Crippen LogP contribution in [0.1, 0.15) is 28.8 Å². The number of hydrogen-bond donors (Lipinski definition) is 2. The Labute approximate surface area is 162 Å². The zero-order valence-corrected chi connectivity index (χ0v) is 15.6. The highest BCUT2D eigenvalue weighted by Gasteiger charge is 2.13. The maximum absolute atomic E-state index is 11.9. The first kappa shape index (κ1) is 19.0. The fraction of sp³-hybridized carbons (Fsp3) is 0.300. The third kappa shape index (κ3) is 5.62. The van der Waals surface area contributed by atoms with Crippen molar-refractivity contribution in [1.29, 1.82) is 0 Å². The molecule has 27 heavy (non-hydrogen) atoms. The van der Waals surface area contributed by atoms with Gasteiger partial charge in [0, 0.05) is 30.1 Å². The van der Waals surface area contributed by atoms with Gasteiger partial charge in [0.1, 0.15) is 0 Å². The average molecular weight is 389 g/mol.